The number of hydrogen-bond acceptors (Lipinski definition) is 3. The van der Waals surface area contributed by atoms with E-state index in [0.29, 0.717) is 5.69 Å². The lowest BCUT2D eigenvalue weighted by Gasteiger charge is -2.27. The van der Waals surface area contributed by atoms with Gasteiger partial charge in [-0.15, -0.1) is 0 Å². The van der Waals surface area contributed by atoms with Gasteiger partial charge in [0.2, 0.25) is 5.91 Å². The first kappa shape index (κ1) is 20.4. The predicted molar refractivity (Wildman–Crippen MR) is 112 cm³/mol. The van der Waals surface area contributed by atoms with Gasteiger partial charge in [0.05, 0.1) is 10.6 Å². The molecule has 0 radical (unpaired) electrons. The summed E-state index contributed by atoms with van der Waals surface area (Å²) in [5.74, 6) is -0.258. The third-order valence-corrected chi connectivity index (χ3v) is 7.01. The van der Waals surface area contributed by atoms with Crippen LogP contribution in [0.5, 0.6) is 0 Å². The molecule has 1 aliphatic carbocycles. The first-order valence-corrected chi connectivity index (χ1v) is 11.4. The van der Waals surface area contributed by atoms with Gasteiger partial charge < -0.3 is 5.32 Å². The van der Waals surface area contributed by atoms with Crippen LogP contribution in [-0.4, -0.2) is 26.9 Å². The summed E-state index contributed by atoms with van der Waals surface area (Å²) in [5, 5.41) is 3.02. The van der Waals surface area contributed by atoms with Crippen molar-refractivity contribution in [2.45, 2.75) is 56.4 Å². The summed E-state index contributed by atoms with van der Waals surface area (Å²) in [6, 6.07) is 15.8. The van der Waals surface area contributed by atoms with Crippen molar-refractivity contribution < 1.29 is 13.2 Å². The minimum absolute atomic E-state index is 0.144. The zero-order valence-electron chi connectivity index (χ0n) is 16.3. The van der Waals surface area contributed by atoms with Crippen LogP contribution >= 0.6 is 0 Å². The molecule has 0 aromatic heterocycles. The molecule has 1 saturated carbocycles. The molecule has 3 rings (SSSR count). The lowest BCUT2D eigenvalue weighted by Crippen LogP contribution is -2.44. The van der Waals surface area contributed by atoms with E-state index in [9.17, 15) is 13.2 Å². The third kappa shape index (κ3) is 4.93. The minimum Gasteiger partial charge on any atom is -0.352 e. The fraction of sp³-hybridized carbons (Fsp3) is 0.409. The van der Waals surface area contributed by atoms with E-state index in [1.54, 1.807) is 42.5 Å². The second-order valence-corrected chi connectivity index (χ2v) is 9.11. The Bertz CT molecular complexity index is 874. The molecular weight excluding hydrogens is 372 g/mol. The lowest BCUT2D eigenvalue weighted by atomic mass is 9.95. The largest absolute Gasteiger partial charge is 0.352 e. The number of nitrogens with one attached hydrogen (secondary N) is 1. The van der Waals surface area contributed by atoms with Gasteiger partial charge >= 0.3 is 0 Å². The van der Waals surface area contributed by atoms with Crippen LogP contribution < -0.4 is 9.62 Å². The summed E-state index contributed by atoms with van der Waals surface area (Å²) in [6.07, 6.45) is 6.20. The Hall–Kier alpha value is -2.34. The van der Waals surface area contributed by atoms with E-state index in [-0.39, 0.29) is 23.4 Å². The molecule has 6 heteroatoms. The first-order chi connectivity index (χ1) is 13.5. The normalized spacial score (nSPS) is 15.2. The number of rotatable bonds is 7. The molecule has 5 nitrogen and oxygen atoms in total. The van der Waals surface area contributed by atoms with Gasteiger partial charge in [0, 0.05) is 6.04 Å². The quantitative estimate of drug-likeness (QED) is 0.767. The molecule has 150 valence electrons. The van der Waals surface area contributed by atoms with Crippen LogP contribution in [0.25, 0.3) is 0 Å². The topological polar surface area (TPSA) is 66.5 Å². The molecule has 0 bridgehead atoms. The van der Waals surface area contributed by atoms with Gasteiger partial charge in [0.15, 0.2) is 0 Å². The van der Waals surface area contributed by atoms with E-state index >= 15 is 0 Å². The Morgan fingerprint density at radius 1 is 1.00 bits per heavy atom. The van der Waals surface area contributed by atoms with Crippen molar-refractivity contribution in [2.75, 3.05) is 10.8 Å². The lowest BCUT2D eigenvalue weighted by molar-refractivity contribution is -0.120. The van der Waals surface area contributed by atoms with Gasteiger partial charge in [-0.05, 0) is 49.1 Å². The van der Waals surface area contributed by atoms with Crippen molar-refractivity contribution >= 4 is 21.6 Å². The average Bonchev–Trinajstić information content (AvgIpc) is 2.73. The predicted octanol–water partition coefficient (Wildman–Crippen LogP) is 3.89. The van der Waals surface area contributed by atoms with Crippen LogP contribution in [0.15, 0.2) is 59.5 Å². The van der Waals surface area contributed by atoms with Gasteiger partial charge in [0.1, 0.15) is 6.54 Å². The van der Waals surface area contributed by atoms with E-state index in [1.165, 1.54) is 10.7 Å². The molecule has 0 aliphatic heterocycles. The van der Waals surface area contributed by atoms with Crippen molar-refractivity contribution in [2.24, 2.45) is 0 Å². The molecule has 1 amide bonds. The summed E-state index contributed by atoms with van der Waals surface area (Å²) >= 11 is 0. The highest BCUT2D eigenvalue weighted by atomic mass is 32.2. The van der Waals surface area contributed by atoms with Gasteiger partial charge in [-0.25, -0.2) is 8.42 Å². The van der Waals surface area contributed by atoms with Crippen LogP contribution in [-0.2, 0) is 21.2 Å². The van der Waals surface area contributed by atoms with Gasteiger partial charge in [-0.1, -0.05) is 56.5 Å². The zero-order valence-corrected chi connectivity index (χ0v) is 17.1. The number of sulfonamides is 1. The highest BCUT2D eigenvalue weighted by Crippen LogP contribution is 2.24. The second kappa shape index (κ2) is 9.24. The number of aryl methyl sites for hydroxylation is 1. The maximum Gasteiger partial charge on any atom is 0.264 e. The Morgan fingerprint density at radius 3 is 2.25 bits per heavy atom. The van der Waals surface area contributed by atoms with Crippen molar-refractivity contribution in [3.8, 4) is 0 Å². The van der Waals surface area contributed by atoms with Gasteiger partial charge in [-0.3, -0.25) is 9.10 Å². The fourth-order valence-electron chi connectivity index (χ4n) is 3.58. The van der Waals surface area contributed by atoms with Crippen LogP contribution in [0.3, 0.4) is 0 Å². The molecule has 0 spiro atoms. The number of hydrogen-bond donors (Lipinski definition) is 1. The molecule has 0 heterocycles. The summed E-state index contributed by atoms with van der Waals surface area (Å²) in [6.45, 7) is 1.82. The van der Waals surface area contributed by atoms with Crippen molar-refractivity contribution in [1.29, 1.82) is 0 Å². The van der Waals surface area contributed by atoms with Gasteiger partial charge in [0.25, 0.3) is 10.0 Å². The Labute approximate surface area is 167 Å². The van der Waals surface area contributed by atoms with E-state index < -0.39 is 10.0 Å². The molecule has 0 saturated heterocycles. The van der Waals surface area contributed by atoms with E-state index in [0.717, 1.165) is 37.7 Å². The highest BCUT2D eigenvalue weighted by Gasteiger charge is 2.28. The number of anilines is 1. The Balaban J connectivity index is 1.86. The maximum absolute atomic E-state index is 13.3. The Kier molecular flexibility index (Phi) is 6.73. The molecule has 2 aromatic rings. The molecule has 1 N–H and O–H groups in total. The molecule has 2 aromatic carbocycles. The summed E-state index contributed by atoms with van der Waals surface area (Å²) < 4.78 is 27.7. The molecule has 1 aliphatic rings. The average molecular weight is 401 g/mol. The number of nitrogens with zero attached hydrogens (tertiary/aromatic N) is 1. The van der Waals surface area contributed by atoms with Crippen molar-refractivity contribution in [1.82, 2.24) is 5.32 Å². The van der Waals surface area contributed by atoms with Crippen molar-refractivity contribution in [3.63, 3.8) is 0 Å². The van der Waals surface area contributed by atoms with Crippen molar-refractivity contribution in [3.05, 3.63) is 60.2 Å². The maximum atomic E-state index is 13.3. The number of carbonyl (C=O) groups excluding carboxylic acids is 1. The Morgan fingerprint density at radius 2 is 1.64 bits per heavy atom. The number of benzene rings is 2. The molecule has 0 unspecified atom stereocenters. The summed E-state index contributed by atoms with van der Waals surface area (Å²) in [5.41, 5.74) is 1.62. The van der Waals surface area contributed by atoms with Crippen LogP contribution in [0.2, 0.25) is 0 Å². The minimum atomic E-state index is -3.84. The van der Waals surface area contributed by atoms with E-state index in [1.807, 2.05) is 19.1 Å². The summed E-state index contributed by atoms with van der Waals surface area (Å²) in [7, 11) is -3.84. The monoisotopic (exact) mass is 400 g/mol. The number of carbonyl (C=O) groups is 1. The molecular formula is C22H28N2O3S. The first-order valence-electron chi connectivity index (χ1n) is 9.97. The molecule has 1 fully saturated rings. The third-order valence-electron chi connectivity index (χ3n) is 5.22. The van der Waals surface area contributed by atoms with Crippen LogP contribution in [0.1, 0.15) is 44.6 Å². The smallest absolute Gasteiger partial charge is 0.264 e. The number of amides is 1. The van der Waals surface area contributed by atoms with Gasteiger partial charge in [-0.2, -0.15) is 0 Å². The van der Waals surface area contributed by atoms with E-state index in [4.69, 9.17) is 0 Å². The summed E-state index contributed by atoms with van der Waals surface area (Å²) in [4.78, 5) is 12.9. The fourth-order valence-corrected chi connectivity index (χ4v) is 5.03. The highest BCUT2D eigenvalue weighted by molar-refractivity contribution is 7.92. The molecule has 0 atom stereocenters. The zero-order chi connectivity index (χ0) is 20.0. The second-order valence-electron chi connectivity index (χ2n) is 7.25. The SMILES string of the molecule is CCc1ccc(N(CC(=O)NC2CCCCC2)S(=O)(=O)c2ccccc2)cc1. The van der Waals surface area contributed by atoms with E-state index in [2.05, 4.69) is 5.32 Å². The van der Waals surface area contributed by atoms with Crippen LogP contribution in [0, 0.1) is 0 Å². The molecule has 28 heavy (non-hydrogen) atoms. The van der Waals surface area contributed by atoms with Crippen LogP contribution in [0.4, 0.5) is 5.69 Å². The standard InChI is InChI=1S/C22H28N2O3S/c1-2-18-13-15-20(16-14-18)24(28(26,27)21-11-7-4-8-12-21)17-22(25)23-19-9-5-3-6-10-19/h4,7-8,11-16,19H,2-3,5-6,9-10,17H2,1H3,(H,23,25).